The first kappa shape index (κ1) is 13.9. The maximum absolute atomic E-state index is 5.47. The van der Waals surface area contributed by atoms with Crippen LogP contribution in [0, 0.1) is 6.92 Å². The molecule has 0 aliphatic heterocycles. The van der Waals surface area contributed by atoms with Gasteiger partial charge in [-0.25, -0.2) is 9.97 Å². The SMILES string of the molecule is CCCCOc1ncc(CNC(C)C)c(C)n1. The van der Waals surface area contributed by atoms with Crippen LogP contribution in [0.4, 0.5) is 0 Å². The first-order valence-electron chi connectivity index (χ1n) is 6.32. The van der Waals surface area contributed by atoms with Crippen LogP contribution in [0.1, 0.15) is 44.9 Å². The van der Waals surface area contributed by atoms with Crippen molar-refractivity contribution in [1.82, 2.24) is 15.3 Å². The molecular formula is C13H23N3O. The Kier molecular flexibility index (Phi) is 5.91. The minimum Gasteiger partial charge on any atom is -0.463 e. The lowest BCUT2D eigenvalue weighted by Gasteiger charge is -2.10. The Balaban J connectivity index is 2.53. The molecule has 0 spiro atoms. The molecule has 0 fully saturated rings. The summed E-state index contributed by atoms with van der Waals surface area (Å²) in [5.74, 6) is 0. The van der Waals surface area contributed by atoms with Gasteiger partial charge in [0.1, 0.15) is 0 Å². The van der Waals surface area contributed by atoms with Crippen LogP contribution in [-0.2, 0) is 6.54 Å². The highest BCUT2D eigenvalue weighted by atomic mass is 16.5. The predicted molar refractivity (Wildman–Crippen MR) is 69.1 cm³/mol. The third-order valence-corrected chi connectivity index (χ3v) is 2.49. The molecule has 0 aromatic carbocycles. The molecule has 0 amide bonds. The van der Waals surface area contributed by atoms with Crippen LogP contribution in [0.15, 0.2) is 6.20 Å². The molecule has 0 radical (unpaired) electrons. The fourth-order valence-corrected chi connectivity index (χ4v) is 1.34. The topological polar surface area (TPSA) is 47.0 Å². The van der Waals surface area contributed by atoms with Crippen LogP contribution in [0.2, 0.25) is 0 Å². The Hall–Kier alpha value is -1.16. The third kappa shape index (κ3) is 5.13. The fraction of sp³-hybridized carbons (Fsp3) is 0.692. The van der Waals surface area contributed by atoms with Crippen molar-refractivity contribution >= 4 is 0 Å². The summed E-state index contributed by atoms with van der Waals surface area (Å²) in [4.78, 5) is 8.57. The van der Waals surface area contributed by atoms with Crippen molar-refractivity contribution in [2.75, 3.05) is 6.61 Å². The molecule has 0 saturated heterocycles. The zero-order valence-corrected chi connectivity index (χ0v) is 11.3. The summed E-state index contributed by atoms with van der Waals surface area (Å²) in [7, 11) is 0. The van der Waals surface area contributed by atoms with Crippen LogP contribution in [-0.4, -0.2) is 22.6 Å². The number of hydrogen-bond donors (Lipinski definition) is 1. The molecule has 1 rings (SSSR count). The summed E-state index contributed by atoms with van der Waals surface area (Å²) in [6, 6.07) is 0.958. The van der Waals surface area contributed by atoms with Crippen molar-refractivity contribution in [1.29, 1.82) is 0 Å². The van der Waals surface area contributed by atoms with Gasteiger partial charge in [-0.2, -0.15) is 0 Å². The maximum Gasteiger partial charge on any atom is 0.316 e. The average Bonchev–Trinajstić information content (AvgIpc) is 2.28. The highest BCUT2D eigenvalue weighted by Crippen LogP contribution is 2.09. The van der Waals surface area contributed by atoms with Crippen LogP contribution >= 0.6 is 0 Å². The molecule has 17 heavy (non-hydrogen) atoms. The Morgan fingerprint density at radius 3 is 2.76 bits per heavy atom. The Bertz CT molecular complexity index is 339. The number of aromatic nitrogens is 2. The van der Waals surface area contributed by atoms with Gasteiger partial charge in [-0.3, -0.25) is 0 Å². The molecule has 1 N–H and O–H groups in total. The number of rotatable bonds is 7. The van der Waals surface area contributed by atoms with E-state index in [9.17, 15) is 0 Å². The van der Waals surface area contributed by atoms with E-state index in [4.69, 9.17) is 4.74 Å². The van der Waals surface area contributed by atoms with Crippen LogP contribution in [0.25, 0.3) is 0 Å². The molecule has 0 unspecified atom stereocenters. The molecule has 0 bridgehead atoms. The second-order valence-electron chi connectivity index (χ2n) is 4.50. The highest BCUT2D eigenvalue weighted by Gasteiger charge is 2.04. The average molecular weight is 237 g/mol. The molecule has 0 aliphatic rings. The summed E-state index contributed by atoms with van der Waals surface area (Å²) in [6.07, 6.45) is 4.01. The van der Waals surface area contributed by atoms with Gasteiger partial charge in [0.25, 0.3) is 0 Å². The highest BCUT2D eigenvalue weighted by molar-refractivity contribution is 5.17. The summed E-state index contributed by atoms with van der Waals surface area (Å²) >= 11 is 0. The van der Waals surface area contributed by atoms with Gasteiger partial charge >= 0.3 is 6.01 Å². The van der Waals surface area contributed by atoms with Gasteiger partial charge in [-0.15, -0.1) is 0 Å². The molecule has 96 valence electrons. The predicted octanol–water partition coefficient (Wildman–Crippen LogP) is 2.46. The monoisotopic (exact) mass is 237 g/mol. The zero-order chi connectivity index (χ0) is 12.7. The maximum atomic E-state index is 5.47. The van der Waals surface area contributed by atoms with E-state index in [1.54, 1.807) is 0 Å². The van der Waals surface area contributed by atoms with Crippen molar-refractivity contribution in [3.8, 4) is 6.01 Å². The normalized spacial score (nSPS) is 10.9. The van der Waals surface area contributed by atoms with Gasteiger partial charge in [0.15, 0.2) is 0 Å². The van der Waals surface area contributed by atoms with Gasteiger partial charge in [0, 0.05) is 30.0 Å². The summed E-state index contributed by atoms with van der Waals surface area (Å²) < 4.78 is 5.47. The van der Waals surface area contributed by atoms with Crippen molar-refractivity contribution in [2.24, 2.45) is 0 Å². The van der Waals surface area contributed by atoms with Crippen LogP contribution < -0.4 is 10.1 Å². The minimum absolute atomic E-state index is 0.467. The van der Waals surface area contributed by atoms with Crippen molar-refractivity contribution < 1.29 is 4.74 Å². The van der Waals surface area contributed by atoms with Crippen molar-refractivity contribution in [3.63, 3.8) is 0 Å². The summed E-state index contributed by atoms with van der Waals surface area (Å²) in [5.41, 5.74) is 2.11. The fourth-order valence-electron chi connectivity index (χ4n) is 1.34. The Labute approximate surface area is 104 Å². The van der Waals surface area contributed by atoms with E-state index in [0.717, 1.165) is 30.6 Å². The van der Waals surface area contributed by atoms with E-state index in [-0.39, 0.29) is 0 Å². The molecule has 0 saturated carbocycles. The largest absolute Gasteiger partial charge is 0.463 e. The summed E-state index contributed by atoms with van der Waals surface area (Å²) in [5, 5.41) is 3.35. The van der Waals surface area contributed by atoms with Crippen molar-refractivity contribution in [3.05, 3.63) is 17.5 Å². The van der Waals surface area contributed by atoms with E-state index in [1.165, 1.54) is 0 Å². The summed E-state index contributed by atoms with van der Waals surface area (Å²) in [6.45, 7) is 9.87. The molecule has 4 heteroatoms. The number of nitrogens with zero attached hydrogens (tertiary/aromatic N) is 2. The number of nitrogens with one attached hydrogen (secondary N) is 1. The van der Waals surface area contributed by atoms with Gasteiger partial charge in [-0.05, 0) is 13.3 Å². The molecular weight excluding hydrogens is 214 g/mol. The smallest absolute Gasteiger partial charge is 0.316 e. The van der Waals surface area contributed by atoms with Gasteiger partial charge in [-0.1, -0.05) is 27.2 Å². The lowest BCUT2D eigenvalue weighted by Crippen LogP contribution is -2.22. The van der Waals surface area contributed by atoms with Crippen LogP contribution in [0.5, 0.6) is 6.01 Å². The molecule has 4 nitrogen and oxygen atoms in total. The van der Waals surface area contributed by atoms with E-state index >= 15 is 0 Å². The van der Waals surface area contributed by atoms with Gasteiger partial charge < -0.3 is 10.1 Å². The van der Waals surface area contributed by atoms with E-state index in [1.807, 2.05) is 13.1 Å². The second kappa shape index (κ2) is 7.22. The van der Waals surface area contributed by atoms with E-state index < -0.39 is 0 Å². The van der Waals surface area contributed by atoms with Crippen molar-refractivity contribution in [2.45, 2.75) is 53.1 Å². The lowest BCUT2D eigenvalue weighted by molar-refractivity contribution is 0.284. The zero-order valence-electron chi connectivity index (χ0n) is 11.3. The first-order chi connectivity index (χ1) is 8.13. The molecule has 0 atom stereocenters. The second-order valence-corrected chi connectivity index (χ2v) is 4.50. The van der Waals surface area contributed by atoms with E-state index in [2.05, 4.69) is 36.1 Å². The molecule has 1 heterocycles. The Morgan fingerprint density at radius 1 is 1.41 bits per heavy atom. The van der Waals surface area contributed by atoms with Gasteiger partial charge in [0.2, 0.25) is 0 Å². The first-order valence-corrected chi connectivity index (χ1v) is 6.32. The molecule has 1 aromatic heterocycles. The quantitative estimate of drug-likeness (QED) is 0.740. The molecule has 1 aromatic rings. The van der Waals surface area contributed by atoms with E-state index in [0.29, 0.717) is 18.7 Å². The number of aryl methyl sites for hydroxylation is 1. The number of unbranched alkanes of at least 4 members (excludes halogenated alkanes) is 1. The minimum atomic E-state index is 0.467. The van der Waals surface area contributed by atoms with Gasteiger partial charge in [0.05, 0.1) is 6.61 Å². The van der Waals surface area contributed by atoms with Crippen LogP contribution in [0.3, 0.4) is 0 Å². The molecule has 0 aliphatic carbocycles. The lowest BCUT2D eigenvalue weighted by atomic mass is 10.2. The number of ether oxygens (including phenoxy) is 1. The third-order valence-electron chi connectivity index (χ3n) is 2.49. The standard InChI is InChI=1S/C13H23N3O/c1-5-6-7-17-13-15-9-12(11(4)16-13)8-14-10(2)3/h9-10,14H,5-8H2,1-4H3. The number of hydrogen-bond acceptors (Lipinski definition) is 4. The Morgan fingerprint density at radius 2 is 2.18 bits per heavy atom.